The Morgan fingerprint density at radius 1 is 1.36 bits per heavy atom. The molecule has 0 bridgehead atoms. The maximum Gasteiger partial charge on any atom is 0.272 e. The van der Waals surface area contributed by atoms with Crippen LogP contribution < -0.4 is 5.32 Å². The maximum atomic E-state index is 12.8. The highest BCUT2D eigenvalue weighted by molar-refractivity contribution is 5.94. The third-order valence-electron chi connectivity index (χ3n) is 4.63. The van der Waals surface area contributed by atoms with Crippen molar-refractivity contribution in [2.75, 3.05) is 27.2 Å². The molecule has 6 heteroatoms. The molecule has 3 rings (SSSR count). The molecule has 2 aromatic rings. The summed E-state index contributed by atoms with van der Waals surface area (Å²) in [5, 5.41) is 17.1. The Kier molecular flexibility index (Phi) is 5.20. The van der Waals surface area contributed by atoms with E-state index in [9.17, 15) is 9.90 Å². The highest BCUT2D eigenvalue weighted by Gasteiger charge is 2.28. The number of hydrogen-bond donors (Lipinski definition) is 2. The van der Waals surface area contributed by atoms with Gasteiger partial charge in [-0.15, -0.1) is 0 Å². The average Bonchev–Trinajstić information content (AvgIpc) is 3.16. The van der Waals surface area contributed by atoms with E-state index in [4.69, 9.17) is 0 Å². The number of hydrogen-bond acceptors (Lipinski definition) is 4. The van der Waals surface area contributed by atoms with E-state index >= 15 is 0 Å². The van der Waals surface area contributed by atoms with Gasteiger partial charge in [-0.25, -0.2) is 4.68 Å². The van der Waals surface area contributed by atoms with Crippen molar-refractivity contribution in [1.29, 1.82) is 0 Å². The minimum absolute atomic E-state index is 0.0926. The molecular weight excluding hydrogens is 316 g/mol. The van der Waals surface area contributed by atoms with Crippen molar-refractivity contribution in [3.63, 3.8) is 0 Å². The second kappa shape index (κ2) is 7.37. The van der Waals surface area contributed by atoms with Gasteiger partial charge in [0.1, 0.15) is 0 Å². The van der Waals surface area contributed by atoms with Crippen LogP contribution in [-0.2, 0) is 12.8 Å². The molecule has 0 spiro atoms. The van der Waals surface area contributed by atoms with Crippen LogP contribution in [0.5, 0.6) is 0 Å². The maximum absolute atomic E-state index is 12.8. The first-order chi connectivity index (χ1) is 12.0. The zero-order valence-electron chi connectivity index (χ0n) is 15.1. The van der Waals surface area contributed by atoms with E-state index in [2.05, 4.69) is 23.4 Å². The van der Waals surface area contributed by atoms with Crippen molar-refractivity contribution in [1.82, 2.24) is 20.0 Å². The Morgan fingerprint density at radius 2 is 2.12 bits per heavy atom. The normalized spacial score (nSPS) is 14.6. The number of benzene rings is 1. The molecule has 1 aliphatic rings. The molecule has 0 saturated heterocycles. The molecule has 1 heterocycles. The zero-order chi connectivity index (χ0) is 18.0. The van der Waals surface area contributed by atoms with Crippen LogP contribution in [0.2, 0.25) is 0 Å². The number of fused-ring (bicyclic) bond motifs is 1. The van der Waals surface area contributed by atoms with Crippen LogP contribution in [0.4, 0.5) is 0 Å². The lowest BCUT2D eigenvalue weighted by atomic mass is 10.1. The fourth-order valence-electron chi connectivity index (χ4n) is 3.46. The van der Waals surface area contributed by atoms with Gasteiger partial charge in [0.05, 0.1) is 18.3 Å². The van der Waals surface area contributed by atoms with Crippen LogP contribution in [-0.4, -0.2) is 59.0 Å². The molecule has 1 atom stereocenters. The van der Waals surface area contributed by atoms with Gasteiger partial charge in [-0.1, -0.05) is 18.2 Å². The number of carbonyl (C=O) groups is 1. The number of likely N-dealkylation sites (N-methyl/N-ethyl adjacent to an activating group) is 1. The third-order valence-corrected chi connectivity index (χ3v) is 4.63. The Bertz CT molecular complexity index is 767. The van der Waals surface area contributed by atoms with E-state index in [1.807, 2.05) is 41.9 Å². The molecule has 1 amide bonds. The summed E-state index contributed by atoms with van der Waals surface area (Å²) >= 11 is 0. The van der Waals surface area contributed by atoms with E-state index in [1.54, 1.807) is 0 Å². The number of aliphatic hydroxyl groups excluding tert-OH is 1. The first-order valence-corrected chi connectivity index (χ1v) is 8.74. The van der Waals surface area contributed by atoms with Crippen LogP contribution in [0.3, 0.4) is 0 Å². The van der Waals surface area contributed by atoms with Gasteiger partial charge in [0.25, 0.3) is 5.91 Å². The highest BCUT2D eigenvalue weighted by atomic mass is 16.3. The lowest BCUT2D eigenvalue weighted by Crippen LogP contribution is -2.44. The lowest BCUT2D eigenvalue weighted by Gasteiger charge is -2.20. The van der Waals surface area contributed by atoms with Gasteiger partial charge in [-0.05, 0) is 51.9 Å². The van der Waals surface area contributed by atoms with Crippen LogP contribution in [0.15, 0.2) is 24.3 Å². The Hall–Kier alpha value is -2.18. The van der Waals surface area contributed by atoms with Gasteiger partial charge in [-0.3, -0.25) is 4.79 Å². The third kappa shape index (κ3) is 3.60. The number of rotatable bonds is 6. The molecular formula is C19H26N4O2. The second-order valence-electron chi connectivity index (χ2n) is 6.94. The number of carbonyl (C=O) groups excluding carboxylic acids is 1. The van der Waals surface area contributed by atoms with Crippen molar-refractivity contribution in [3.8, 4) is 5.69 Å². The van der Waals surface area contributed by atoms with Gasteiger partial charge >= 0.3 is 0 Å². The first kappa shape index (κ1) is 17.6. The summed E-state index contributed by atoms with van der Waals surface area (Å²) in [7, 11) is 3.83. The molecule has 0 fully saturated rings. The number of aryl methyl sites for hydroxylation is 1. The smallest absolute Gasteiger partial charge is 0.272 e. The van der Waals surface area contributed by atoms with E-state index in [-0.39, 0.29) is 18.6 Å². The average molecular weight is 342 g/mol. The number of nitrogens with one attached hydrogen (secondary N) is 1. The molecule has 0 radical (unpaired) electrons. The summed E-state index contributed by atoms with van der Waals surface area (Å²) in [5.74, 6) is -0.202. The number of amides is 1. The summed E-state index contributed by atoms with van der Waals surface area (Å²) in [6, 6.07) is 7.78. The minimum Gasteiger partial charge on any atom is -0.394 e. The van der Waals surface area contributed by atoms with Gasteiger partial charge in [0.15, 0.2) is 5.69 Å². The Labute approximate surface area is 148 Å². The number of aliphatic hydroxyl groups is 1. The minimum atomic E-state index is -0.303. The van der Waals surface area contributed by atoms with Crippen molar-refractivity contribution < 1.29 is 9.90 Å². The van der Waals surface area contributed by atoms with E-state index in [1.165, 1.54) is 0 Å². The molecule has 134 valence electrons. The standard InChI is InChI=1S/C19H26N4O2/c1-13-7-4-5-9-16(13)23-17-10-6-8-15(17)18(21-23)19(25)20-14(12-24)11-22(2)3/h4-5,7,9,14,24H,6,8,10-12H2,1-3H3,(H,20,25). The largest absolute Gasteiger partial charge is 0.394 e. The van der Waals surface area contributed by atoms with Gasteiger partial charge in [0.2, 0.25) is 0 Å². The van der Waals surface area contributed by atoms with Gasteiger partial charge in [-0.2, -0.15) is 5.10 Å². The molecule has 1 aromatic carbocycles. The molecule has 1 aromatic heterocycles. The van der Waals surface area contributed by atoms with Crippen molar-refractivity contribution in [2.45, 2.75) is 32.2 Å². The molecule has 25 heavy (non-hydrogen) atoms. The van der Waals surface area contributed by atoms with Crippen LogP contribution in [0.1, 0.15) is 33.7 Å². The topological polar surface area (TPSA) is 70.4 Å². The Balaban J connectivity index is 1.92. The zero-order valence-corrected chi connectivity index (χ0v) is 15.1. The molecule has 1 unspecified atom stereocenters. The summed E-state index contributed by atoms with van der Waals surface area (Å²) in [5.41, 5.74) is 4.82. The summed E-state index contributed by atoms with van der Waals surface area (Å²) < 4.78 is 1.92. The summed E-state index contributed by atoms with van der Waals surface area (Å²) in [4.78, 5) is 14.7. The fourth-order valence-corrected chi connectivity index (χ4v) is 3.46. The summed E-state index contributed by atoms with van der Waals surface area (Å²) in [6.45, 7) is 2.55. The van der Waals surface area contributed by atoms with Crippen LogP contribution >= 0.6 is 0 Å². The van der Waals surface area contributed by atoms with Crippen LogP contribution in [0, 0.1) is 6.92 Å². The Morgan fingerprint density at radius 3 is 2.80 bits per heavy atom. The van der Waals surface area contributed by atoms with Crippen molar-refractivity contribution in [2.24, 2.45) is 0 Å². The van der Waals surface area contributed by atoms with E-state index in [0.29, 0.717) is 12.2 Å². The van der Waals surface area contributed by atoms with Crippen LogP contribution in [0.25, 0.3) is 5.69 Å². The lowest BCUT2D eigenvalue weighted by molar-refractivity contribution is 0.0898. The molecule has 1 aliphatic carbocycles. The monoisotopic (exact) mass is 342 g/mol. The number of para-hydroxylation sites is 1. The highest BCUT2D eigenvalue weighted by Crippen LogP contribution is 2.28. The number of aromatic nitrogens is 2. The van der Waals surface area contributed by atoms with Gasteiger partial charge < -0.3 is 15.3 Å². The van der Waals surface area contributed by atoms with Crippen molar-refractivity contribution in [3.05, 3.63) is 46.8 Å². The molecule has 0 saturated carbocycles. The first-order valence-electron chi connectivity index (χ1n) is 8.74. The SMILES string of the molecule is Cc1ccccc1-n1nc(C(=O)NC(CO)CN(C)C)c2c1CCC2. The molecule has 6 nitrogen and oxygen atoms in total. The second-order valence-corrected chi connectivity index (χ2v) is 6.94. The predicted molar refractivity (Wildman–Crippen MR) is 97.2 cm³/mol. The van der Waals surface area contributed by atoms with E-state index in [0.717, 1.165) is 41.8 Å². The quantitative estimate of drug-likeness (QED) is 0.831. The van der Waals surface area contributed by atoms with Gasteiger partial charge in [0, 0.05) is 17.8 Å². The predicted octanol–water partition coefficient (Wildman–Crippen LogP) is 1.32. The molecule has 2 N–H and O–H groups in total. The van der Waals surface area contributed by atoms with Crippen molar-refractivity contribution >= 4 is 5.91 Å². The summed E-state index contributed by atoms with van der Waals surface area (Å²) in [6.07, 6.45) is 2.85. The van der Waals surface area contributed by atoms with E-state index < -0.39 is 0 Å². The molecule has 0 aliphatic heterocycles. The number of nitrogens with zero attached hydrogens (tertiary/aromatic N) is 3. The fraction of sp³-hybridized carbons (Fsp3) is 0.474.